The van der Waals surface area contributed by atoms with E-state index in [1.807, 2.05) is 30.3 Å². The van der Waals surface area contributed by atoms with Crippen LogP contribution < -0.4 is 5.56 Å². The molecule has 1 saturated heterocycles. The van der Waals surface area contributed by atoms with E-state index in [1.54, 1.807) is 47.2 Å². The number of nitrogens with zero attached hydrogens (tertiary/aromatic N) is 3. The molecule has 1 atom stereocenters. The average Bonchev–Trinajstić information content (AvgIpc) is 2.91. The Hall–Kier alpha value is -3.71. The quantitative estimate of drug-likeness (QED) is 0.361. The molecule has 0 bridgehead atoms. The van der Waals surface area contributed by atoms with E-state index in [9.17, 15) is 19.2 Å². The molecule has 0 radical (unpaired) electrons. The molecule has 1 fully saturated rings. The Kier molecular flexibility index (Phi) is 8.00. The molecule has 0 spiro atoms. The number of likely N-dealkylation sites (tertiary alicyclic amines) is 1. The van der Waals surface area contributed by atoms with E-state index in [0.717, 1.165) is 10.1 Å². The molecule has 2 aromatic carbocycles. The van der Waals surface area contributed by atoms with Crippen molar-refractivity contribution in [3.8, 4) is 0 Å². The van der Waals surface area contributed by atoms with Crippen molar-refractivity contribution in [2.75, 3.05) is 20.1 Å². The molecule has 3 aromatic rings. The van der Waals surface area contributed by atoms with Gasteiger partial charge in [0.15, 0.2) is 11.8 Å². The predicted octanol–water partition coefficient (Wildman–Crippen LogP) is 3.82. The lowest BCUT2D eigenvalue weighted by atomic mass is 9.94. The SMILES string of the molecule is CN(Cc1ccccc1)C(=O)C1CCN(C(=O)C(C(=O)c2ccccc2)n2cc(Cl)ccc2=O)CC1. The van der Waals surface area contributed by atoms with Crippen LogP contribution in [0.15, 0.2) is 83.8 Å². The van der Waals surface area contributed by atoms with Crippen LogP contribution in [0.1, 0.15) is 34.8 Å². The number of hydrogen-bond donors (Lipinski definition) is 0. The Balaban J connectivity index is 1.49. The number of hydrogen-bond acceptors (Lipinski definition) is 4. The second-order valence-corrected chi connectivity index (χ2v) is 9.44. The zero-order valence-corrected chi connectivity index (χ0v) is 20.8. The number of carbonyl (C=O) groups is 3. The summed E-state index contributed by atoms with van der Waals surface area (Å²) in [5.41, 5.74) is 0.889. The minimum Gasteiger partial charge on any atom is -0.341 e. The molecular formula is C28H28ClN3O4. The molecule has 1 aliphatic rings. The van der Waals surface area contributed by atoms with Gasteiger partial charge in [-0.25, -0.2) is 0 Å². The zero-order valence-electron chi connectivity index (χ0n) is 20.0. The predicted molar refractivity (Wildman–Crippen MR) is 138 cm³/mol. The van der Waals surface area contributed by atoms with Crippen molar-refractivity contribution in [1.82, 2.24) is 14.4 Å². The normalized spacial score (nSPS) is 14.8. The second-order valence-electron chi connectivity index (χ2n) is 9.01. The fourth-order valence-electron chi connectivity index (χ4n) is 4.56. The van der Waals surface area contributed by atoms with Gasteiger partial charge in [0.25, 0.3) is 11.5 Å². The summed E-state index contributed by atoms with van der Waals surface area (Å²) < 4.78 is 1.10. The second kappa shape index (κ2) is 11.4. The summed E-state index contributed by atoms with van der Waals surface area (Å²) in [6.07, 6.45) is 2.29. The summed E-state index contributed by atoms with van der Waals surface area (Å²) in [7, 11) is 1.78. The third-order valence-electron chi connectivity index (χ3n) is 6.52. The van der Waals surface area contributed by atoms with Crippen LogP contribution in [0.3, 0.4) is 0 Å². The Morgan fingerprint density at radius 2 is 1.56 bits per heavy atom. The first kappa shape index (κ1) is 25.4. The maximum absolute atomic E-state index is 13.6. The van der Waals surface area contributed by atoms with Crippen LogP contribution >= 0.6 is 11.6 Å². The highest BCUT2D eigenvalue weighted by atomic mass is 35.5. The number of carbonyl (C=O) groups excluding carboxylic acids is 3. The summed E-state index contributed by atoms with van der Waals surface area (Å²) in [4.78, 5) is 56.0. The first-order valence-electron chi connectivity index (χ1n) is 11.9. The molecule has 0 saturated carbocycles. The van der Waals surface area contributed by atoms with Gasteiger partial charge in [0, 0.05) is 50.4 Å². The van der Waals surface area contributed by atoms with Gasteiger partial charge in [-0.2, -0.15) is 0 Å². The smallest absolute Gasteiger partial charge is 0.253 e. The Morgan fingerprint density at radius 3 is 2.19 bits per heavy atom. The number of halogens is 1. The van der Waals surface area contributed by atoms with Gasteiger partial charge >= 0.3 is 0 Å². The van der Waals surface area contributed by atoms with E-state index in [4.69, 9.17) is 11.6 Å². The Labute approximate surface area is 214 Å². The van der Waals surface area contributed by atoms with Crippen LogP contribution in [0.25, 0.3) is 0 Å². The molecule has 8 heteroatoms. The highest BCUT2D eigenvalue weighted by Gasteiger charge is 2.37. The minimum absolute atomic E-state index is 0.0360. The number of benzene rings is 2. The van der Waals surface area contributed by atoms with Crippen LogP contribution in [-0.4, -0.2) is 52.1 Å². The average molecular weight is 506 g/mol. The van der Waals surface area contributed by atoms with Crippen molar-refractivity contribution in [3.05, 3.63) is 105 Å². The largest absolute Gasteiger partial charge is 0.341 e. The number of pyridine rings is 1. The van der Waals surface area contributed by atoms with E-state index in [1.165, 1.54) is 18.3 Å². The van der Waals surface area contributed by atoms with Crippen LogP contribution in [0.2, 0.25) is 5.02 Å². The summed E-state index contributed by atoms with van der Waals surface area (Å²) in [5.74, 6) is -1.13. The number of rotatable bonds is 7. The minimum atomic E-state index is -1.37. The molecule has 36 heavy (non-hydrogen) atoms. The molecule has 1 aliphatic heterocycles. The topological polar surface area (TPSA) is 79.7 Å². The standard InChI is InChI=1S/C28H28ClN3O4/c1-30(18-20-8-4-2-5-9-20)27(35)22-14-16-31(17-15-22)28(36)25(26(34)21-10-6-3-7-11-21)32-19-23(29)12-13-24(32)33/h2-13,19,22,25H,14-18H2,1H3. The van der Waals surface area contributed by atoms with E-state index in [0.29, 0.717) is 38.0 Å². The van der Waals surface area contributed by atoms with E-state index in [-0.39, 0.29) is 16.8 Å². The van der Waals surface area contributed by atoms with Crippen molar-refractivity contribution < 1.29 is 14.4 Å². The van der Waals surface area contributed by atoms with Gasteiger partial charge in [-0.1, -0.05) is 72.3 Å². The van der Waals surface area contributed by atoms with Crippen LogP contribution in [0.5, 0.6) is 0 Å². The zero-order chi connectivity index (χ0) is 25.7. The lowest BCUT2D eigenvalue weighted by Gasteiger charge is -2.35. The van der Waals surface area contributed by atoms with Crippen LogP contribution in [0, 0.1) is 5.92 Å². The molecule has 186 valence electrons. The Morgan fingerprint density at radius 1 is 0.944 bits per heavy atom. The molecule has 1 unspecified atom stereocenters. The number of piperidine rings is 1. The third kappa shape index (κ3) is 5.74. The summed E-state index contributed by atoms with van der Waals surface area (Å²) in [6.45, 7) is 1.16. The van der Waals surface area contributed by atoms with Gasteiger partial charge in [0.05, 0.1) is 5.02 Å². The van der Waals surface area contributed by atoms with Gasteiger partial charge in [0.1, 0.15) is 0 Å². The highest BCUT2D eigenvalue weighted by Crippen LogP contribution is 2.24. The Bertz CT molecular complexity index is 1280. The van der Waals surface area contributed by atoms with Crippen molar-refractivity contribution >= 4 is 29.2 Å². The van der Waals surface area contributed by atoms with Crippen LogP contribution in [0.4, 0.5) is 0 Å². The molecule has 2 heterocycles. The summed E-state index contributed by atoms with van der Waals surface area (Å²) in [6, 6.07) is 19.5. The van der Waals surface area contributed by atoms with Gasteiger partial charge in [-0.05, 0) is 24.5 Å². The lowest BCUT2D eigenvalue weighted by Crippen LogP contribution is -2.48. The van der Waals surface area contributed by atoms with E-state index in [2.05, 4.69) is 0 Å². The van der Waals surface area contributed by atoms with E-state index >= 15 is 0 Å². The summed E-state index contributed by atoms with van der Waals surface area (Å²) in [5, 5.41) is 0.249. The van der Waals surface area contributed by atoms with Crippen molar-refractivity contribution in [3.63, 3.8) is 0 Å². The van der Waals surface area contributed by atoms with Crippen molar-refractivity contribution in [1.29, 1.82) is 0 Å². The number of ketones is 1. The number of aromatic nitrogens is 1. The molecule has 0 aliphatic carbocycles. The molecule has 1 aromatic heterocycles. The summed E-state index contributed by atoms with van der Waals surface area (Å²) >= 11 is 6.11. The molecule has 4 rings (SSSR count). The van der Waals surface area contributed by atoms with Gasteiger partial charge in [-0.3, -0.25) is 23.7 Å². The molecular weight excluding hydrogens is 478 g/mol. The monoisotopic (exact) mass is 505 g/mol. The maximum atomic E-state index is 13.6. The maximum Gasteiger partial charge on any atom is 0.253 e. The molecule has 0 N–H and O–H groups in total. The molecule has 7 nitrogen and oxygen atoms in total. The van der Waals surface area contributed by atoms with Gasteiger partial charge < -0.3 is 9.80 Å². The number of amides is 2. The van der Waals surface area contributed by atoms with Crippen molar-refractivity contribution in [2.45, 2.75) is 25.4 Å². The van der Waals surface area contributed by atoms with E-state index < -0.39 is 23.3 Å². The number of Topliss-reactive ketones (excluding diaryl/α,β-unsaturated/α-hetero) is 1. The van der Waals surface area contributed by atoms with Crippen LogP contribution in [-0.2, 0) is 16.1 Å². The fourth-order valence-corrected chi connectivity index (χ4v) is 4.73. The lowest BCUT2D eigenvalue weighted by molar-refractivity contribution is -0.141. The van der Waals surface area contributed by atoms with Crippen molar-refractivity contribution in [2.24, 2.45) is 5.92 Å². The van der Waals surface area contributed by atoms with Gasteiger partial charge in [-0.15, -0.1) is 0 Å². The first-order valence-corrected chi connectivity index (χ1v) is 12.3. The third-order valence-corrected chi connectivity index (χ3v) is 6.74. The molecule has 2 amide bonds. The highest BCUT2D eigenvalue weighted by molar-refractivity contribution is 6.30. The van der Waals surface area contributed by atoms with Gasteiger partial charge in [0.2, 0.25) is 5.91 Å². The first-order chi connectivity index (χ1) is 17.3. The fraction of sp³-hybridized carbons (Fsp3) is 0.286.